The summed E-state index contributed by atoms with van der Waals surface area (Å²) in [7, 11) is 0. The van der Waals surface area contributed by atoms with Gasteiger partial charge in [0.1, 0.15) is 6.29 Å². The van der Waals surface area contributed by atoms with Crippen molar-refractivity contribution in [1.82, 2.24) is 0 Å². The highest BCUT2D eigenvalue weighted by Crippen LogP contribution is 1.91. The number of benzene rings is 1. The van der Waals surface area contributed by atoms with Crippen LogP contribution in [-0.4, -0.2) is 11.8 Å². The standard InChI is InChI=1S/C7H6O.C4H11N/c8-6-7-4-2-1-3-5-7;1-4(2,3)5/h1-6H;5H2,1-3H3. The van der Waals surface area contributed by atoms with Crippen LogP contribution < -0.4 is 5.73 Å². The van der Waals surface area contributed by atoms with Crippen LogP contribution in [-0.2, 0) is 0 Å². The second-order valence-electron chi connectivity index (χ2n) is 3.89. The molecule has 0 saturated carbocycles. The number of hydrogen-bond acceptors (Lipinski definition) is 2. The number of nitrogens with two attached hydrogens (primary N) is 1. The Morgan fingerprint density at radius 2 is 1.54 bits per heavy atom. The first-order valence-electron chi connectivity index (χ1n) is 4.22. The molecule has 1 rings (SSSR count). The molecule has 13 heavy (non-hydrogen) atoms. The molecule has 2 heteroatoms. The highest BCUT2D eigenvalue weighted by molar-refractivity contribution is 5.74. The summed E-state index contributed by atoms with van der Waals surface area (Å²) in [6, 6.07) is 9.10. The van der Waals surface area contributed by atoms with Crippen molar-refractivity contribution in [3.8, 4) is 0 Å². The average molecular weight is 179 g/mol. The van der Waals surface area contributed by atoms with Crippen molar-refractivity contribution >= 4 is 6.29 Å². The Morgan fingerprint density at radius 3 is 1.77 bits per heavy atom. The van der Waals surface area contributed by atoms with E-state index in [1.165, 1.54) is 0 Å². The summed E-state index contributed by atoms with van der Waals surface area (Å²) < 4.78 is 0. The molecule has 1 aromatic rings. The van der Waals surface area contributed by atoms with Gasteiger partial charge in [-0.2, -0.15) is 0 Å². The van der Waals surface area contributed by atoms with E-state index >= 15 is 0 Å². The van der Waals surface area contributed by atoms with Gasteiger partial charge in [0.25, 0.3) is 0 Å². The van der Waals surface area contributed by atoms with Crippen molar-refractivity contribution in [3.63, 3.8) is 0 Å². The lowest BCUT2D eigenvalue weighted by Gasteiger charge is -2.06. The van der Waals surface area contributed by atoms with Crippen LogP contribution in [0.2, 0.25) is 0 Å². The van der Waals surface area contributed by atoms with Crippen LogP contribution in [0.1, 0.15) is 31.1 Å². The van der Waals surface area contributed by atoms with Crippen molar-refractivity contribution in [2.24, 2.45) is 5.73 Å². The summed E-state index contributed by atoms with van der Waals surface area (Å²) in [4.78, 5) is 10.0. The lowest BCUT2D eigenvalue weighted by atomic mass is 10.1. The van der Waals surface area contributed by atoms with E-state index in [9.17, 15) is 4.79 Å². The molecule has 1 aromatic carbocycles. The smallest absolute Gasteiger partial charge is 0.150 e. The molecule has 2 nitrogen and oxygen atoms in total. The molecule has 2 N–H and O–H groups in total. The number of carbonyl (C=O) groups excluding carboxylic acids is 1. The maximum absolute atomic E-state index is 10.0. The van der Waals surface area contributed by atoms with Crippen LogP contribution in [0.3, 0.4) is 0 Å². The van der Waals surface area contributed by atoms with Crippen molar-refractivity contribution in [3.05, 3.63) is 35.9 Å². The van der Waals surface area contributed by atoms with Gasteiger partial charge in [-0.1, -0.05) is 30.3 Å². The van der Waals surface area contributed by atoms with Gasteiger partial charge in [-0.05, 0) is 20.8 Å². The number of aldehydes is 1. The molecule has 0 amide bonds. The van der Waals surface area contributed by atoms with Crippen molar-refractivity contribution in [1.29, 1.82) is 0 Å². The second kappa shape index (κ2) is 5.49. The zero-order valence-electron chi connectivity index (χ0n) is 8.45. The molecule has 0 aromatic heterocycles. The monoisotopic (exact) mass is 179 g/mol. The first-order chi connectivity index (χ1) is 5.93. The van der Waals surface area contributed by atoms with Gasteiger partial charge in [-0.25, -0.2) is 0 Å². The minimum atomic E-state index is 0. The first kappa shape index (κ1) is 11.8. The Bertz CT molecular complexity index is 230. The van der Waals surface area contributed by atoms with E-state index in [4.69, 9.17) is 5.73 Å². The molecular formula is C11H17NO. The largest absolute Gasteiger partial charge is 0.326 e. The van der Waals surface area contributed by atoms with Crippen molar-refractivity contribution in [2.45, 2.75) is 26.3 Å². The Hall–Kier alpha value is -1.15. The molecule has 0 aliphatic rings. The zero-order chi connectivity index (χ0) is 10.3. The molecule has 0 heterocycles. The summed E-state index contributed by atoms with van der Waals surface area (Å²) >= 11 is 0. The fourth-order valence-electron chi connectivity index (χ4n) is 0.532. The van der Waals surface area contributed by atoms with E-state index in [-0.39, 0.29) is 5.54 Å². The molecule has 0 atom stereocenters. The second-order valence-corrected chi connectivity index (χ2v) is 3.89. The Kier molecular flexibility index (Phi) is 5.00. The van der Waals surface area contributed by atoms with E-state index in [2.05, 4.69) is 0 Å². The van der Waals surface area contributed by atoms with Gasteiger partial charge in [0.2, 0.25) is 0 Å². The number of hydrogen-bond donors (Lipinski definition) is 1. The topological polar surface area (TPSA) is 43.1 Å². The van der Waals surface area contributed by atoms with Crippen molar-refractivity contribution in [2.75, 3.05) is 0 Å². The highest BCUT2D eigenvalue weighted by Gasteiger charge is 1.95. The van der Waals surface area contributed by atoms with Crippen molar-refractivity contribution < 1.29 is 4.79 Å². The molecule has 0 fully saturated rings. The number of carbonyl (C=O) groups is 1. The van der Waals surface area contributed by atoms with E-state index in [1.807, 2.05) is 39.0 Å². The predicted octanol–water partition coefficient (Wildman–Crippen LogP) is 2.24. The minimum absolute atomic E-state index is 0. The van der Waals surface area contributed by atoms with Crippen LogP contribution in [0.5, 0.6) is 0 Å². The molecule has 0 radical (unpaired) electrons. The highest BCUT2D eigenvalue weighted by atomic mass is 16.1. The Balaban J connectivity index is 0.000000252. The summed E-state index contributed by atoms with van der Waals surface area (Å²) in [5, 5.41) is 0. The maximum Gasteiger partial charge on any atom is 0.150 e. The molecule has 0 aliphatic carbocycles. The predicted molar refractivity (Wildman–Crippen MR) is 55.8 cm³/mol. The van der Waals surface area contributed by atoms with Crippen LogP contribution in [0.15, 0.2) is 30.3 Å². The maximum atomic E-state index is 10.0. The van der Waals surface area contributed by atoms with E-state index < -0.39 is 0 Å². The molecule has 0 bridgehead atoms. The fraction of sp³-hybridized carbons (Fsp3) is 0.364. The van der Waals surface area contributed by atoms with Gasteiger partial charge in [0, 0.05) is 11.1 Å². The summed E-state index contributed by atoms with van der Waals surface area (Å²) in [6.45, 7) is 5.90. The molecule has 72 valence electrons. The van der Waals surface area contributed by atoms with Crippen LogP contribution in [0.25, 0.3) is 0 Å². The van der Waals surface area contributed by atoms with Gasteiger partial charge >= 0.3 is 0 Å². The van der Waals surface area contributed by atoms with Gasteiger partial charge in [-0.15, -0.1) is 0 Å². The lowest BCUT2D eigenvalue weighted by Crippen LogP contribution is -2.26. The van der Waals surface area contributed by atoms with Gasteiger partial charge in [-0.3, -0.25) is 4.79 Å². The Labute approximate surface area is 79.8 Å². The minimum Gasteiger partial charge on any atom is -0.326 e. The third kappa shape index (κ3) is 10.8. The number of rotatable bonds is 1. The van der Waals surface area contributed by atoms with Crippen LogP contribution in [0.4, 0.5) is 0 Å². The van der Waals surface area contributed by atoms with E-state index in [0.29, 0.717) is 0 Å². The molecule has 0 spiro atoms. The van der Waals surface area contributed by atoms with Crippen LogP contribution >= 0.6 is 0 Å². The normalized spacial score (nSPS) is 9.85. The van der Waals surface area contributed by atoms with E-state index in [1.54, 1.807) is 12.1 Å². The van der Waals surface area contributed by atoms with Gasteiger partial charge < -0.3 is 5.73 Å². The lowest BCUT2D eigenvalue weighted by molar-refractivity contribution is 0.112. The first-order valence-corrected chi connectivity index (χ1v) is 4.22. The molecule has 0 unspecified atom stereocenters. The average Bonchev–Trinajstić information content (AvgIpc) is 2.03. The Morgan fingerprint density at radius 1 is 1.15 bits per heavy atom. The van der Waals surface area contributed by atoms with Crippen LogP contribution in [0, 0.1) is 0 Å². The zero-order valence-corrected chi connectivity index (χ0v) is 8.45. The van der Waals surface area contributed by atoms with E-state index in [0.717, 1.165) is 11.8 Å². The molecule has 0 saturated heterocycles. The van der Waals surface area contributed by atoms with Gasteiger partial charge in [0.15, 0.2) is 0 Å². The summed E-state index contributed by atoms with van der Waals surface area (Å²) in [5.41, 5.74) is 6.08. The quantitative estimate of drug-likeness (QED) is 0.672. The molecular weight excluding hydrogens is 162 g/mol. The molecule has 0 aliphatic heterocycles. The van der Waals surface area contributed by atoms with Gasteiger partial charge in [0.05, 0.1) is 0 Å². The fourth-order valence-corrected chi connectivity index (χ4v) is 0.532. The SMILES string of the molecule is CC(C)(C)N.O=Cc1ccccc1. The third-order valence-corrected chi connectivity index (χ3v) is 0.936. The summed E-state index contributed by atoms with van der Waals surface area (Å²) in [6.07, 6.45) is 0.833. The summed E-state index contributed by atoms with van der Waals surface area (Å²) in [5.74, 6) is 0. The third-order valence-electron chi connectivity index (χ3n) is 0.936.